The molecule has 16 heavy (non-hydrogen) atoms. The Labute approximate surface area is 94.1 Å². The van der Waals surface area contributed by atoms with E-state index in [0.717, 1.165) is 17.8 Å². The number of esters is 1. The van der Waals surface area contributed by atoms with Crippen molar-refractivity contribution in [2.45, 2.75) is 6.92 Å². The molecule has 80 valence electrons. The molecule has 0 amide bonds. The summed E-state index contributed by atoms with van der Waals surface area (Å²) in [6.45, 7) is 2.42. The zero-order valence-electron chi connectivity index (χ0n) is 8.91. The number of hydrogen-bond acceptors (Lipinski definition) is 3. The molecule has 0 aliphatic carbocycles. The van der Waals surface area contributed by atoms with Crippen LogP contribution in [0.4, 0.5) is 5.69 Å². The first-order valence-electron chi connectivity index (χ1n) is 4.98. The average molecular weight is 213 g/mol. The maximum atomic E-state index is 11.2. The number of carbonyl (C=O) groups excluding carboxylic acids is 1. The summed E-state index contributed by atoms with van der Waals surface area (Å²) in [6, 6.07) is 5.45. The van der Waals surface area contributed by atoms with Crippen molar-refractivity contribution in [1.29, 1.82) is 0 Å². The summed E-state index contributed by atoms with van der Waals surface area (Å²) in [4.78, 5) is 11.2. The highest BCUT2D eigenvalue weighted by molar-refractivity contribution is 5.90. The second-order valence-electron chi connectivity index (χ2n) is 3.30. The second-order valence-corrected chi connectivity index (χ2v) is 3.30. The van der Waals surface area contributed by atoms with Gasteiger partial charge in [-0.1, -0.05) is 18.1 Å². The quantitative estimate of drug-likeness (QED) is 0.336. The van der Waals surface area contributed by atoms with Crippen LogP contribution in [0.15, 0.2) is 24.3 Å². The van der Waals surface area contributed by atoms with Gasteiger partial charge >= 0.3 is 5.97 Å². The monoisotopic (exact) mass is 213 g/mol. The van der Waals surface area contributed by atoms with E-state index < -0.39 is 5.97 Å². The molecule has 2 rings (SSSR count). The Bertz CT molecular complexity index is 506. The Morgan fingerprint density at radius 3 is 3.19 bits per heavy atom. The van der Waals surface area contributed by atoms with Crippen LogP contribution >= 0.6 is 0 Å². The van der Waals surface area contributed by atoms with E-state index in [1.807, 2.05) is 24.3 Å². The number of anilines is 1. The van der Waals surface area contributed by atoms with Gasteiger partial charge in [0, 0.05) is 23.7 Å². The third-order valence-electron chi connectivity index (χ3n) is 2.17. The lowest BCUT2D eigenvalue weighted by Gasteiger charge is -2.13. The van der Waals surface area contributed by atoms with Crippen LogP contribution in [0.2, 0.25) is 0 Å². The Hall–Kier alpha value is -2.21. The fourth-order valence-corrected chi connectivity index (χ4v) is 1.49. The zero-order chi connectivity index (χ0) is 11.4. The summed E-state index contributed by atoms with van der Waals surface area (Å²) >= 11 is 0. The standard InChI is InChI=1S/C13H11NO2/c1-2-4-13(15)16-11-6-7-12-10(9-11)5-3-8-14-12/h3,5-7,9,14H,8H2,1H3. The third-order valence-corrected chi connectivity index (χ3v) is 2.17. The highest BCUT2D eigenvalue weighted by Crippen LogP contribution is 2.25. The van der Waals surface area contributed by atoms with Crippen LogP contribution in [-0.2, 0) is 4.79 Å². The van der Waals surface area contributed by atoms with Crippen molar-refractivity contribution in [3.05, 3.63) is 29.8 Å². The van der Waals surface area contributed by atoms with Crippen molar-refractivity contribution in [1.82, 2.24) is 0 Å². The minimum atomic E-state index is -0.532. The summed E-state index contributed by atoms with van der Waals surface area (Å²) in [6.07, 6.45) is 4.01. The van der Waals surface area contributed by atoms with E-state index in [2.05, 4.69) is 17.2 Å². The number of hydrogen-bond donors (Lipinski definition) is 1. The first kappa shape index (κ1) is 10.3. The van der Waals surface area contributed by atoms with E-state index in [-0.39, 0.29) is 0 Å². The van der Waals surface area contributed by atoms with Crippen molar-refractivity contribution in [2.24, 2.45) is 0 Å². The van der Waals surface area contributed by atoms with Gasteiger partial charge in [-0.05, 0) is 25.1 Å². The van der Waals surface area contributed by atoms with Gasteiger partial charge in [-0.25, -0.2) is 4.79 Å². The van der Waals surface area contributed by atoms with Crippen LogP contribution in [0.5, 0.6) is 5.75 Å². The van der Waals surface area contributed by atoms with Crippen molar-refractivity contribution < 1.29 is 9.53 Å². The van der Waals surface area contributed by atoms with E-state index in [0.29, 0.717) is 5.75 Å². The molecule has 0 saturated heterocycles. The molecule has 1 N–H and O–H groups in total. The summed E-state index contributed by atoms with van der Waals surface area (Å²) < 4.78 is 5.05. The van der Waals surface area contributed by atoms with Gasteiger partial charge in [0.2, 0.25) is 0 Å². The van der Waals surface area contributed by atoms with Gasteiger partial charge in [0.25, 0.3) is 0 Å². The summed E-state index contributed by atoms with van der Waals surface area (Å²) in [7, 11) is 0. The highest BCUT2D eigenvalue weighted by Gasteiger charge is 2.06. The van der Waals surface area contributed by atoms with Crippen molar-refractivity contribution in [2.75, 3.05) is 11.9 Å². The number of carbonyl (C=O) groups is 1. The summed E-state index contributed by atoms with van der Waals surface area (Å²) in [5, 5.41) is 3.21. The lowest BCUT2D eigenvalue weighted by atomic mass is 10.1. The molecule has 1 heterocycles. The number of ether oxygens (including phenoxy) is 1. The van der Waals surface area contributed by atoms with Gasteiger partial charge in [-0.2, -0.15) is 0 Å². The van der Waals surface area contributed by atoms with Gasteiger partial charge in [-0.3, -0.25) is 0 Å². The summed E-state index contributed by atoms with van der Waals surface area (Å²) in [5.74, 6) is 4.81. The van der Waals surface area contributed by atoms with Crippen LogP contribution in [0.1, 0.15) is 12.5 Å². The number of nitrogens with one attached hydrogen (secondary N) is 1. The molecule has 0 fully saturated rings. The van der Waals surface area contributed by atoms with E-state index in [1.165, 1.54) is 0 Å². The molecule has 3 heteroatoms. The maximum absolute atomic E-state index is 11.2. The molecule has 1 aliphatic rings. The lowest BCUT2D eigenvalue weighted by Crippen LogP contribution is -2.07. The Balaban J connectivity index is 2.20. The molecule has 1 aliphatic heterocycles. The Morgan fingerprint density at radius 2 is 2.38 bits per heavy atom. The van der Waals surface area contributed by atoms with E-state index in [4.69, 9.17) is 4.74 Å². The molecule has 1 aromatic carbocycles. The Kier molecular flexibility index (Phi) is 2.93. The largest absolute Gasteiger partial charge is 0.417 e. The predicted molar refractivity (Wildman–Crippen MR) is 63.1 cm³/mol. The van der Waals surface area contributed by atoms with Gasteiger partial charge in [0.05, 0.1) is 0 Å². The minimum Gasteiger partial charge on any atom is -0.417 e. The molecule has 0 radical (unpaired) electrons. The Morgan fingerprint density at radius 1 is 1.50 bits per heavy atom. The third kappa shape index (κ3) is 2.23. The minimum absolute atomic E-state index is 0.514. The van der Waals surface area contributed by atoms with Crippen LogP contribution < -0.4 is 10.1 Å². The smallest absolute Gasteiger partial charge is 0.389 e. The van der Waals surface area contributed by atoms with Gasteiger partial charge in [-0.15, -0.1) is 0 Å². The second kappa shape index (κ2) is 4.54. The van der Waals surface area contributed by atoms with Crippen molar-refractivity contribution >= 4 is 17.7 Å². The molecule has 0 unspecified atom stereocenters. The molecule has 0 saturated carbocycles. The van der Waals surface area contributed by atoms with Gasteiger partial charge in [0.1, 0.15) is 5.75 Å². The number of fused-ring (bicyclic) bond motifs is 1. The fourth-order valence-electron chi connectivity index (χ4n) is 1.49. The lowest BCUT2D eigenvalue weighted by molar-refractivity contribution is -0.128. The van der Waals surface area contributed by atoms with Crippen molar-refractivity contribution in [3.8, 4) is 17.6 Å². The van der Waals surface area contributed by atoms with Crippen molar-refractivity contribution in [3.63, 3.8) is 0 Å². The topological polar surface area (TPSA) is 38.3 Å². The average Bonchev–Trinajstić information content (AvgIpc) is 2.29. The zero-order valence-corrected chi connectivity index (χ0v) is 8.91. The first-order chi connectivity index (χ1) is 7.79. The molecular formula is C13H11NO2. The van der Waals surface area contributed by atoms with Gasteiger partial charge in [0.15, 0.2) is 0 Å². The maximum Gasteiger partial charge on any atom is 0.389 e. The molecule has 0 atom stereocenters. The summed E-state index contributed by atoms with van der Waals surface area (Å²) in [5.41, 5.74) is 2.06. The molecule has 0 spiro atoms. The molecule has 0 aromatic heterocycles. The number of rotatable bonds is 1. The number of benzene rings is 1. The molecular weight excluding hydrogens is 202 g/mol. The predicted octanol–water partition coefficient (Wildman–Crippen LogP) is 2.05. The molecule has 1 aromatic rings. The SMILES string of the molecule is CC#CC(=O)Oc1ccc2c(c1)C=CCN2. The van der Waals surface area contributed by atoms with Crippen LogP contribution in [-0.4, -0.2) is 12.5 Å². The molecule has 0 bridgehead atoms. The van der Waals surface area contributed by atoms with E-state index >= 15 is 0 Å². The van der Waals surface area contributed by atoms with E-state index in [1.54, 1.807) is 13.0 Å². The van der Waals surface area contributed by atoms with Crippen LogP contribution in [0.3, 0.4) is 0 Å². The van der Waals surface area contributed by atoms with Crippen LogP contribution in [0.25, 0.3) is 6.08 Å². The molecule has 3 nitrogen and oxygen atoms in total. The van der Waals surface area contributed by atoms with Gasteiger partial charge < -0.3 is 10.1 Å². The van der Waals surface area contributed by atoms with Crippen LogP contribution in [0, 0.1) is 11.8 Å². The normalized spacial score (nSPS) is 11.8. The fraction of sp³-hybridized carbons (Fsp3) is 0.154. The van der Waals surface area contributed by atoms with E-state index in [9.17, 15) is 4.79 Å². The first-order valence-corrected chi connectivity index (χ1v) is 4.98. The highest BCUT2D eigenvalue weighted by atomic mass is 16.5.